The number of carbonyl (C=O) groups is 1. The summed E-state index contributed by atoms with van der Waals surface area (Å²) in [6, 6.07) is 4.35. The van der Waals surface area contributed by atoms with Crippen LogP contribution in [-0.4, -0.2) is 45.6 Å². The molecular formula is C26H31N3O2. The number of aromatic nitrogens is 1. The Bertz CT molecular complexity index is 1200. The molecule has 2 aromatic rings. The van der Waals surface area contributed by atoms with Gasteiger partial charge in [-0.15, -0.1) is 0 Å². The Balaban J connectivity index is 1.43. The molecule has 1 aromatic heterocycles. The third-order valence-corrected chi connectivity index (χ3v) is 9.21. The van der Waals surface area contributed by atoms with E-state index in [1.165, 1.54) is 22.2 Å². The first-order valence-electron chi connectivity index (χ1n) is 11.8. The highest BCUT2D eigenvalue weighted by Gasteiger charge is 2.68. The number of aromatic amines is 1. The molecule has 4 saturated heterocycles. The molecule has 1 aliphatic carbocycles. The van der Waals surface area contributed by atoms with E-state index in [1.807, 2.05) is 0 Å². The van der Waals surface area contributed by atoms with Crippen molar-refractivity contribution < 1.29 is 9.53 Å². The van der Waals surface area contributed by atoms with Gasteiger partial charge in [-0.3, -0.25) is 9.69 Å². The first-order chi connectivity index (χ1) is 14.7. The highest BCUT2D eigenvalue weighted by atomic mass is 16.5. The van der Waals surface area contributed by atoms with Gasteiger partial charge < -0.3 is 15.0 Å². The van der Waals surface area contributed by atoms with E-state index in [1.54, 1.807) is 0 Å². The van der Waals surface area contributed by atoms with Gasteiger partial charge in [-0.2, -0.15) is 0 Å². The van der Waals surface area contributed by atoms with Crippen LogP contribution in [0.4, 0.5) is 0 Å². The van der Waals surface area contributed by atoms with Crippen LogP contribution in [0.5, 0.6) is 5.75 Å². The van der Waals surface area contributed by atoms with Crippen LogP contribution in [0.2, 0.25) is 0 Å². The van der Waals surface area contributed by atoms with Crippen LogP contribution in [0.3, 0.4) is 0 Å². The highest BCUT2D eigenvalue weighted by molar-refractivity contribution is 5.96. The molecule has 2 bridgehead atoms. The molecule has 8 rings (SSSR count). The summed E-state index contributed by atoms with van der Waals surface area (Å²) in [7, 11) is 0. The van der Waals surface area contributed by atoms with E-state index in [9.17, 15) is 4.79 Å². The van der Waals surface area contributed by atoms with Crippen LogP contribution in [0, 0.1) is 5.92 Å². The van der Waals surface area contributed by atoms with Crippen molar-refractivity contribution in [2.45, 2.75) is 75.5 Å². The number of piperazine rings is 1. The molecule has 3 atom stereocenters. The zero-order chi connectivity index (χ0) is 21.4. The van der Waals surface area contributed by atoms with Gasteiger partial charge >= 0.3 is 0 Å². The second kappa shape index (κ2) is 5.20. The van der Waals surface area contributed by atoms with E-state index in [2.05, 4.69) is 67.2 Å². The molecule has 162 valence electrons. The summed E-state index contributed by atoms with van der Waals surface area (Å²) in [5, 5.41) is 4.86. The first-order valence-corrected chi connectivity index (χ1v) is 11.8. The second-order valence-corrected chi connectivity index (χ2v) is 11.7. The van der Waals surface area contributed by atoms with Gasteiger partial charge in [0, 0.05) is 28.6 Å². The molecule has 2 N–H and O–H groups in total. The van der Waals surface area contributed by atoms with E-state index >= 15 is 0 Å². The summed E-state index contributed by atoms with van der Waals surface area (Å²) in [5.41, 5.74) is 4.31. The van der Waals surface area contributed by atoms with E-state index < -0.39 is 0 Å². The molecule has 31 heavy (non-hydrogen) atoms. The van der Waals surface area contributed by atoms with Crippen molar-refractivity contribution in [1.29, 1.82) is 0 Å². The minimum Gasteiger partial charge on any atom is -0.483 e. The molecule has 6 heterocycles. The topological polar surface area (TPSA) is 57.4 Å². The van der Waals surface area contributed by atoms with Crippen LogP contribution in [-0.2, 0) is 16.6 Å². The number of fused-ring (bicyclic) bond motifs is 6. The number of nitrogens with zero attached hydrogens (tertiary/aromatic N) is 1. The van der Waals surface area contributed by atoms with Crippen molar-refractivity contribution in [2.24, 2.45) is 5.92 Å². The zero-order valence-electron chi connectivity index (χ0n) is 18.9. The van der Waals surface area contributed by atoms with E-state index in [0.29, 0.717) is 5.92 Å². The number of carbonyl (C=O) groups excluding carboxylic acids is 1. The lowest BCUT2D eigenvalue weighted by molar-refractivity contribution is -0.160. The van der Waals surface area contributed by atoms with Gasteiger partial charge in [0.05, 0.1) is 11.1 Å². The predicted molar refractivity (Wildman–Crippen MR) is 121 cm³/mol. The Kier molecular flexibility index (Phi) is 3.07. The van der Waals surface area contributed by atoms with Crippen molar-refractivity contribution in [1.82, 2.24) is 15.2 Å². The van der Waals surface area contributed by atoms with Gasteiger partial charge in [-0.25, -0.2) is 0 Å². The second-order valence-electron chi connectivity index (χ2n) is 11.7. The average Bonchev–Trinajstić information content (AvgIpc) is 3.28. The summed E-state index contributed by atoms with van der Waals surface area (Å²) < 4.78 is 6.25. The van der Waals surface area contributed by atoms with Gasteiger partial charge in [0.25, 0.3) is 0 Å². The maximum atomic E-state index is 13.3. The minimum atomic E-state index is -0.283. The molecule has 5 aliphatic heterocycles. The standard InChI is InChI=1S/C26H31N3O2/c1-23(2)10-8-16-18(31-23)7-6-15-17-12-25-14-29-11-5-9-26(29,22(30)28-25)13-19(25)24(3,4)21(17)27-20(15)16/h6-8,10,19,27H,5,9,11-14H2,1-4H3,(H,28,30)/t19-,25+,26-/m0/s1. The number of hydrogen-bond acceptors (Lipinski definition) is 3. The Morgan fingerprint density at radius 1 is 1.19 bits per heavy atom. The molecule has 0 radical (unpaired) electrons. The molecule has 2 spiro atoms. The van der Waals surface area contributed by atoms with Crippen molar-refractivity contribution in [3.05, 3.63) is 35.0 Å². The maximum absolute atomic E-state index is 13.3. The maximum Gasteiger partial charge on any atom is 0.241 e. The Hall–Kier alpha value is -2.27. The monoisotopic (exact) mass is 417 g/mol. The lowest BCUT2D eigenvalue weighted by Gasteiger charge is -2.65. The number of benzene rings is 1. The fourth-order valence-corrected chi connectivity index (χ4v) is 7.77. The molecule has 1 amide bonds. The summed E-state index contributed by atoms with van der Waals surface area (Å²) in [5.74, 6) is 1.66. The molecule has 4 fully saturated rings. The van der Waals surface area contributed by atoms with E-state index in [0.717, 1.165) is 50.1 Å². The smallest absolute Gasteiger partial charge is 0.241 e. The molecule has 5 heteroatoms. The summed E-state index contributed by atoms with van der Waals surface area (Å²) in [6.07, 6.45) is 8.39. The molecule has 5 nitrogen and oxygen atoms in total. The van der Waals surface area contributed by atoms with E-state index in [-0.39, 0.29) is 28.0 Å². The van der Waals surface area contributed by atoms with Gasteiger partial charge in [-0.05, 0) is 81.8 Å². The molecule has 0 saturated carbocycles. The third-order valence-electron chi connectivity index (χ3n) is 9.21. The van der Waals surface area contributed by atoms with Gasteiger partial charge in [0.1, 0.15) is 16.9 Å². The number of ether oxygens (including phenoxy) is 1. The quantitative estimate of drug-likeness (QED) is 0.683. The number of piperidine rings is 2. The molecule has 1 aromatic carbocycles. The summed E-state index contributed by atoms with van der Waals surface area (Å²) in [6.45, 7) is 11.0. The highest BCUT2D eigenvalue weighted by Crippen LogP contribution is 2.59. The number of H-pyrrole nitrogens is 1. The fourth-order valence-electron chi connectivity index (χ4n) is 7.77. The number of amides is 1. The Morgan fingerprint density at radius 2 is 2.03 bits per heavy atom. The summed E-state index contributed by atoms with van der Waals surface area (Å²) >= 11 is 0. The Morgan fingerprint density at radius 3 is 2.87 bits per heavy atom. The van der Waals surface area contributed by atoms with Crippen molar-refractivity contribution in [3.8, 4) is 5.75 Å². The number of rotatable bonds is 0. The average molecular weight is 418 g/mol. The van der Waals surface area contributed by atoms with Crippen LogP contribution < -0.4 is 10.1 Å². The molecule has 0 unspecified atom stereocenters. The lowest BCUT2D eigenvalue weighted by atomic mass is 9.51. The first kappa shape index (κ1) is 18.3. The van der Waals surface area contributed by atoms with E-state index in [4.69, 9.17) is 4.74 Å². The molecular weight excluding hydrogens is 386 g/mol. The predicted octanol–water partition coefficient (Wildman–Crippen LogP) is 3.91. The minimum absolute atomic E-state index is 0.0343. The summed E-state index contributed by atoms with van der Waals surface area (Å²) in [4.78, 5) is 19.7. The Labute approximate surface area is 183 Å². The SMILES string of the molecule is CC1(C)C=Cc2c(ccc3c4c([nH]c23)C(C)(C)[C@@H]2C[C@]35CCCN3C[C@@]2(C4)NC5=O)O1. The van der Waals surface area contributed by atoms with Crippen molar-refractivity contribution in [2.75, 3.05) is 13.1 Å². The third kappa shape index (κ3) is 2.05. The lowest BCUT2D eigenvalue weighted by Crippen LogP contribution is -2.82. The van der Waals surface area contributed by atoms with Crippen molar-refractivity contribution >= 4 is 22.9 Å². The van der Waals surface area contributed by atoms with Crippen LogP contribution >= 0.6 is 0 Å². The fraction of sp³-hybridized carbons (Fsp3) is 0.577. The normalized spacial score (nSPS) is 36.4. The number of nitrogens with one attached hydrogen (secondary N) is 2. The van der Waals surface area contributed by atoms with Crippen molar-refractivity contribution in [3.63, 3.8) is 0 Å². The van der Waals surface area contributed by atoms with Gasteiger partial charge in [0.15, 0.2) is 0 Å². The number of hydrogen-bond donors (Lipinski definition) is 2. The zero-order valence-corrected chi connectivity index (χ0v) is 18.9. The van der Waals surface area contributed by atoms with Crippen LogP contribution in [0.15, 0.2) is 18.2 Å². The van der Waals surface area contributed by atoms with Gasteiger partial charge in [0.2, 0.25) is 5.91 Å². The van der Waals surface area contributed by atoms with Gasteiger partial charge in [-0.1, -0.05) is 13.8 Å². The molecule has 6 aliphatic rings. The van der Waals surface area contributed by atoms with Crippen LogP contribution in [0.25, 0.3) is 17.0 Å². The largest absolute Gasteiger partial charge is 0.483 e. The van der Waals surface area contributed by atoms with Crippen LogP contribution in [0.1, 0.15) is 63.8 Å².